The number of rotatable bonds is 8. The molecule has 0 fully saturated rings. The SMILES string of the molecule is CCCC(CCO)CNC(=O)c1ccc([N+](=O)[O-])c(C)c1. The highest BCUT2D eigenvalue weighted by atomic mass is 16.6. The van der Waals surface area contributed by atoms with Gasteiger partial charge in [0.05, 0.1) is 4.92 Å². The Morgan fingerprint density at radius 2 is 2.14 bits per heavy atom. The number of benzene rings is 1. The van der Waals surface area contributed by atoms with Crippen LogP contribution < -0.4 is 5.32 Å². The quantitative estimate of drug-likeness (QED) is 0.569. The van der Waals surface area contributed by atoms with Crippen LogP contribution in [0.15, 0.2) is 18.2 Å². The Morgan fingerprint density at radius 1 is 1.43 bits per heavy atom. The molecule has 6 nitrogen and oxygen atoms in total. The van der Waals surface area contributed by atoms with Gasteiger partial charge in [0.2, 0.25) is 0 Å². The number of carbonyl (C=O) groups excluding carboxylic acids is 1. The van der Waals surface area contributed by atoms with Crippen LogP contribution in [0, 0.1) is 23.0 Å². The lowest BCUT2D eigenvalue weighted by molar-refractivity contribution is -0.385. The molecular formula is C15H22N2O4. The summed E-state index contributed by atoms with van der Waals surface area (Å²) in [5.74, 6) is 0.00939. The van der Waals surface area contributed by atoms with Gasteiger partial charge in [0, 0.05) is 30.3 Å². The molecule has 0 heterocycles. The molecule has 0 spiro atoms. The van der Waals surface area contributed by atoms with Crippen molar-refractivity contribution in [3.05, 3.63) is 39.4 Å². The first-order valence-electron chi connectivity index (χ1n) is 7.13. The van der Waals surface area contributed by atoms with Gasteiger partial charge in [0.1, 0.15) is 0 Å². The van der Waals surface area contributed by atoms with Gasteiger partial charge < -0.3 is 10.4 Å². The van der Waals surface area contributed by atoms with Crippen LogP contribution in [0.25, 0.3) is 0 Å². The van der Waals surface area contributed by atoms with E-state index in [9.17, 15) is 14.9 Å². The predicted molar refractivity (Wildman–Crippen MR) is 80.3 cm³/mol. The number of hydrogen-bond donors (Lipinski definition) is 2. The molecule has 1 rings (SSSR count). The average Bonchev–Trinajstić information content (AvgIpc) is 2.44. The monoisotopic (exact) mass is 294 g/mol. The van der Waals surface area contributed by atoms with Gasteiger partial charge in [-0.05, 0) is 37.8 Å². The number of nitro groups is 1. The van der Waals surface area contributed by atoms with Crippen molar-refractivity contribution in [3.63, 3.8) is 0 Å². The molecular weight excluding hydrogens is 272 g/mol. The third-order valence-corrected chi connectivity index (χ3v) is 3.44. The first kappa shape index (κ1) is 17.1. The van der Waals surface area contributed by atoms with Crippen LogP contribution in [0.5, 0.6) is 0 Å². The Bertz CT molecular complexity index is 496. The zero-order chi connectivity index (χ0) is 15.8. The van der Waals surface area contributed by atoms with Gasteiger partial charge in [-0.25, -0.2) is 0 Å². The van der Waals surface area contributed by atoms with Gasteiger partial charge >= 0.3 is 0 Å². The summed E-state index contributed by atoms with van der Waals surface area (Å²) in [6.45, 7) is 4.28. The standard InChI is InChI=1S/C15H22N2O4/c1-3-4-12(7-8-18)10-16-15(19)13-5-6-14(17(20)21)11(2)9-13/h5-6,9,12,18H,3-4,7-8,10H2,1-2H3,(H,16,19). The summed E-state index contributed by atoms with van der Waals surface area (Å²) in [4.78, 5) is 22.3. The van der Waals surface area contributed by atoms with E-state index < -0.39 is 4.92 Å². The van der Waals surface area contributed by atoms with Gasteiger partial charge in [-0.2, -0.15) is 0 Å². The molecule has 6 heteroatoms. The summed E-state index contributed by atoms with van der Waals surface area (Å²) >= 11 is 0. The third-order valence-electron chi connectivity index (χ3n) is 3.44. The van der Waals surface area contributed by atoms with Crippen LogP contribution in [0.2, 0.25) is 0 Å². The van der Waals surface area contributed by atoms with Crippen molar-refractivity contribution >= 4 is 11.6 Å². The lowest BCUT2D eigenvalue weighted by Gasteiger charge is -2.15. The largest absolute Gasteiger partial charge is 0.396 e. The van der Waals surface area contributed by atoms with Crippen LogP contribution >= 0.6 is 0 Å². The first-order chi connectivity index (χ1) is 9.99. The second-order valence-electron chi connectivity index (χ2n) is 5.14. The molecule has 116 valence electrons. The van der Waals surface area contributed by atoms with Crippen molar-refractivity contribution < 1.29 is 14.8 Å². The first-order valence-corrected chi connectivity index (χ1v) is 7.13. The van der Waals surface area contributed by atoms with Crippen molar-refractivity contribution in [1.82, 2.24) is 5.32 Å². The van der Waals surface area contributed by atoms with Crippen LogP contribution in [-0.4, -0.2) is 29.1 Å². The molecule has 0 saturated carbocycles. The number of nitrogens with one attached hydrogen (secondary N) is 1. The van der Waals surface area contributed by atoms with Crippen molar-refractivity contribution in [1.29, 1.82) is 0 Å². The maximum absolute atomic E-state index is 12.0. The van der Waals surface area contributed by atoms with Gasteiger partial charge in [0.15, 0.2) is 0 Å². The van der Waals surface area contributed by atoms with E-state index in [-0.39, 0.29) is 24.1 Å². The van der Waals surface area contributed by atoms with Crippen molar-refractivity contribution in [2.45, 2.75) is 33.1 Å². The maximum Gasteiger partial charge on any atom is 0.272 e. The van der Waals surface area contributed by atoms with Gasteiger partial charge in [-0.15, -0.1) is 0 Å². The molecule has 0 aliphatic carbocycles. The Kier molecular flexibility index (Phi) is 6.81. The molecule has 1 unspecified atom stereocenters. The molecule has 0 bridgehead atoms. The molecule has 1 aromatic rings. The van der Waals surface area contributed by atoms with Crippen molar-refractivity contribution in [2.75, 3.05) is 13.2 Å². The Balaban J connectivity index is 2.67. The van der Waals surface area contributed by atoms with E-state index in [0.717, 1.165) is 12.8 Å². The van der Waals surface area contributed by atoms with Gasteiger partial charge in [0.25, 0.3) is 11.6 Å². The predicted octanol–water partition coefficient (Wildman–Crippen LogP) is 2.43. The number of aliphatic hydroxyl groups is 1. The van der Waals surface area contributed by atoms with Crippen LogP contribution in [0.3, 0.4) is 0 Å². The van der Waals surface area contributed by atoms with E-state index in [0.29, 0.717) is 24.1 Å². The number of hydrogen-bond acceptors (Lipinski definition) is 4. The smallest absolute Gasteiger partial charge is 0.272 e. The summed E-state index contributed by atoms with van der Waals surface area (Å²) in [6, 6.07) is 4.33. The Labute approximate surface area is 124 Å². The van der Waals surface area contributed by atoms with Crippen LogP contribution in [0.1, 0.15) is 42.1 Å². The summed E-state index contributed by atoms with van der Waals surface area (Å²) in [6.07, 6.45) is 2.60. The zero-order valence-corrected chi connectivity index (χ0v) is 12.5. The lowest BCUT2D eigenvalue weighted by Crippen LogP contribution is -2.29. The summed E-state index contributed by atoms with van der Waals surface area (Å²) in [5, 5.41) is 22.6. The molecule has 0 radical (unpaired) electrons. The minimum atomic E-state index is -0.463. The number of carbonyl (C=O) groups is 1. The molecule has 1 aromatic carbocycles. The minimum absolute atomic E-state index is 0.00990. The maximum atomic E-state index is 12.0. The molecule has 0 saturated heterocycles. The number of nitrogens with zero attached hydrogens (tertiary/aromatic N) is 1. The number of aryl methyl sites for hydroxylation is 1. The summed E-state index contributed by atoms with van der Waals surface area (Å²) in [7, 11) is 0. The fourth-order valence-corrected chi connectivity index (χ4v) is 2.28. The van der Waals surface area contributed by atoms with Gasteiger partial charge in [-0.1, -0.05) is 13.3 Å². The van der Waals surface area contributed by atoms with Crippen molar-refractivity contribution in [2.24, 2.45) is 5.92 Å². The van der Waals surface area contributed by atoms with E-state index in [1.165, 1.54) is 18.2 Å². The topological polar surface area (TPSA) is 92.5 Å². The number of nitro benzene ring substituents is 1. The normalized spacial score (nSPS) is 12.0. The number of aliphatic hydroxyl groups excluding tert-OH is 1. The highest BCUT2D eigenvalue weighted by molar-refractivity contribution is 5.94. The van der Waals surface area contributed by atoms with Gasteiger partial charge in [-0.3, -0.25) is 14.9 Å². The average molecular weight is 294 g/mol. The number of amides is 1. The molecule has 2 N–H and O–H groups in total. The fourth-order valence-electron chi connectivity index (χ4n) is 2.28. The molecule has 21 heavy (non-hydrogen) atoms. The second-order valence-corrected chi connectivity index (χ2v) is 5.14. The van der Waals surface area contributed by atoms with Crippen LogP contribution in [-0.2, 0) is 0 Å². The highest BCUT2D eigenvalue weighted by Gasteiger charge is 2.15. The molecule has 0 aliphatic rings. The van der Waals surface area contributed by atoms with E-state index in [1.54, 1.807) is 6.92 Å². The second kappa shape index (κ2) is 8.36. The molecule has 0 aromatic heterocycles. The Hall–Kier alpha value is -1.95. The minimum Gasteiger partial charge on any atom is -0.396 e. The van der Waals surface area contributed by atoms with E-state index in [1.807, 2.05) is 0 Å². The fraction of sp³-hybridized carbons (Fsp3) is 0.533. The highest BCUT2D eigenvalue weighted by Crippen LogP contribution is 2.19. The van der Waals surface area contributed by atoms with E-state index in [2.05, 4.69) is 12.2 Å². The molecule has 1 amide bonds. The van der Waals surface area contributed by atoms with E-state index >= 15 is 0 Å². The summed E-state index contributed by atoms with van der Waals surface area (Å²) in [5.41, 5.74) is 0.890. The summed E-state index contributed by atoms with van der Waals surface area (Å²) < 4.78 is 0. The molecule has 0 aliphatic heterocycles. The van der Waals surface area contributed by atoms with Crippen LogP contribution in [0.4, 0.5) is 5.69 Å². The van der Waals surface area contributed by atoms with E-state index in [4.69, 9.17) is 5.11 Å². The van der Waals surface area contributed by atoms with Crippen molar-refractivity contribution in [3.8, 4) is 0 Å². The Morgan fingerprint density at radius 3 is 2.67 bits per heavy atom. The molecule has 1 atom stereocenters. The lowest BCUT2D eigenvalue weighted by atomic mass is 10.00. The zero-order valence-electron chi connectivity index (χ0n) is 12.5. The third kappa shape index (κ3) is 5.15.